The largest absolute Gasteiger partial charge is 0.493 e. The Labute approximate surface area is 101 Å². The quantitative estimate of drug-likeness (QED) is 0.782. The van der Waals surface area contributed by atoms with Gasteiger partial charge in [0.1, 0.15) is 5.75 Å². The van der Waals surface area contributed by atoms with Crippen molar-refractivity contribution < 1.29 is 4.74 Å². The van der Waals surface area contributed by atoms with E-state index in [1.165, 1.54) is 5.56 Å². The fraction of sp³-hybridized carbons (Fsp3) is 0.538. The molecule has 15 heavy (non-hydrogen) atoms. The van der Waals surface area contributed by atoms with Crippen molar-refractivity contribution in [2.24, 2.45) is 5.41 Å². The Hall–Kier alpha value is -0.500. The minimum Gasteiger partial charge on any atom is -0.493 e. The van der Waals surface area contributed by atoms with Gasteiger partial charge in [-0.15, -0.1) is 0 Å². The van der Waals surface area contributed by atoms with Crippen LogP contribution in [0.2, 0.25) is 0 Å². The third-order valence-corrected chi connectivity index (χ3v) is 2.74. The van der Waals surface area contributed by atoms with Crippen molar-refractivity contribution in [1.82, 2.24) is 0 Å². The van der Waals surface area contributed by atoms with Crippen LogP contribution in [0.3, 0.4) is 0 Å². The summed E-state index contributed by atoms with van der Waals surface area (Å²) in [7, 11) is 0. The summed E-state index contributed by atoms with van der Waals surface area (Å²) in [4.78, 5) is 0. The van der Waals surface area contributed by atoms with Crippen LogP contribution in [0.15, 0.2) is 22.7 Å². The molecule has 0 bridgehead atoms. The maximum absolute atomic E-state index is 5.75. The molecule has 1 aromatic carbocycles. The highest BCUT2D eigenvalue weighted by Crippen LogP contribution is 2.24. The first-order valence-electron chi connectivity index (χ1n) is 5.27. The molecule has 1 nitrogen and oxygen atoms in total. The molecule has 84 valence electrons. The fourth-order valence-corrected chi connectivity index (χ4v) is 1.72. The zero-order chi connectivity index (χ0) is 11.5. The predicted molar refractivity (Wildman–Crippen MR) is 68.4 cm³/mol. The summed E-state index contributed by atoms with van der Waals surface area (Å²) in [5, 5.41) is 0. The molecule has 2 heteroatoms. The van der Waals surface area contributed by atoms with Gasteiger partial charge >= 0.3 is 0 Å². The van der Waals surface area contributed by atoms with Gasteiger partial charge in [0.25, 0.3) is 0 Å². The highest BCUT2D eigenvalue weighted by atomic mass is 79.9. The molecule has 0 atom stereocenters. The van der Waals surface area contributed by atoms with Crippen LogP contribution in [-0.2, 0) is 0 Å². The number of hydrogen-bond acceptors (Lipinski definition) is 1. The maximum Gasteiger partial charge on any atom is 0.122 e. The molecule has 0 radical (unpaired) electrons. The maximum atomic E-state index is 5.75. The Morgan fingerprint density at radius 1 is 1.27 bits per heavy atom. The number of benzene rings is 1. The average molecular weight is 271 g/mol. The summed E-state index contributed by atoms with van der Waals surface area (Å²) < 4.78 is 6.85. The molecule has 0 fully saturated rings. The van der Waals surface area contributed by atoms with Crippen molar-refractivity contribution in [3.05, 3.63) is 28.2 Å². The first-order chi connectivity index (χ1) is 6.88. The van der Waals surface area contributed by atoms with E-state index in [0.717, 1.165) is 23.2 Å². The van der Waals surface area contributed by atoms with E-state index in [9.17, 15) is 0 Å². The summed E-state index contributed by atoms with van der Waals surface area (Å²) in [5.74, 6) is 0.988. The standard InChI is InChI=1S/C13H19BrO/c1-10-9-11(14)5-6-12(10)15-8-7-13(2,3)4/h5-6,9H,7-8H2,1-4H3. The molecular weight excluding hydrogens is 252 g/mol. The van der Waals surface area contributed by atoms with Crippen molar-refractivity contribution in [1.29, 1.82) is 0 Å². The van der Waals surface area contributed by atoms with Crippen LogP contribution in [0.25, 0.3) is 0 Å². The molecular formula is C13H19BrO. The van der Waals surface area contributed by atoms with Gasteiger partial charge in [0.2, 0.25) is 0 Å². The lowest BCUT2D eigenvalue weighted by Gasteiger charge is -2.18. The van der Waals surface area contributed by atoms with Gasteiger partial charge in [-0.3, -0.25) is 0 Å². The van der Waals surface area contributed by atoms with E-state index in [-0.39, 0.29) is 0 Å². The zero-order valence-corrected chi connectivity index (χ0v) is 11.5. The second kappa shape index (κ2) is 5.02. The van der Waals surface area contributed by atoms with E-state index in [0.29, 0.717) is 5.41 Å². The minimum absolute atomic E-state index is 0.337. The summed E-state index contributed by atoms with van der Waals surface area (Å²) in [5.41, 5.74) is 1.52. The van der Waals surface area contributed by atoms with Crippen LogP contribution in [-0.4, -0.2) is 6.61 Å². The van der Waals surface area contributed by atoms with E-state index in [4.69, 9.17) is 4.74 Å². The van der Waals surface area contributed by atoms with E-state index in [1.54, 1.807) is 0 Å². The second-order valence-electron chi connectivity index (χ2n) is 5.07. The Bertz CT molecular complexity index is 326. The van der Waals surface area contributed by atoms with E-state index in [1.807, 2.05) is 12.1 Å². The third kappa shape index (κ3) is 4.70. The van der Waals surface area contributed by atoms with E-state index >= 15 is 0 Å². The van der Waals surface area contributed by atoms with Gasteiger partial charge in [-0.25, -0.2) is 0 Å². The number of hydrogen-bond donors (Lipinski definition) is 0. The lowest BCUT2D eigenvalue weighted by atomic mass is 9.93. The minimum atomic E-state index is 0.337. The number of rotatable bonds is 3. The lowest BCUT2D eigenvalue weighted by molar-refractivity contribution is 0.242. The lowest BCUT2D eigenvalue weighted by Crippen LogP contribution is -2.11. The molecule has 0 saturated carbocycles. The van der Waals surface area contributed by atoms with Crippen LogP contribution >= 0.6 is 15.9 Å². The average Bonchev–Trinajstić information content (AvgIpc) is 2.07. The Morgan fingerprint density at radius 3 is 2.47 bits per heavy atom. The van der Waals surface area contributed by atoms with Crippen LogP contribution in [0.4, 0.5) is 0 Å². The SMILES string of the molecule is Cc1cc(Br)ccc1OCCC(C)(C)C. The van der Waals surface area contributed by atoms with E-state index < -0.39 is 0 Å². The highest BCUT2D eigenvalue weighted by Gasteiger charge is 2.10. The van der Waals surface area contributed by atoms with Crippen LogP contribution in [0, 0.1) is 12.3 Å². The topological polar surface area (TPSA) is 9.23 Å². The molecule has 0 amide bonds. The number of halogens is 1. The van der Waals surface area contributed by atoms with Gasteiger partial charge in [-0.1, -0.05) is 36.7 Å². The molecule has 0 aliphatic carbocycles. The van der Waals surface area contributed by atoms with Crippen molar-refractivity contribution in [3.8, 4) is 5.75 Å². The van der Waals surface area contributed by atoms with Crippen molar-refractivity contribution in [2.45, 2.75) is 34.1 Å². The van der Waals surface area contributed by atoms with Crippen LogP contribution < -0.4 is 4.74 Å². The van der Waals surface area contributed by atoms with Crippen molar-refractivity contribution in [3.63, 3.8) is 0 Å². The molecule has 0 saturated heterocycles. The molecule has 0 heterocycles. The van der Waals surface area contributed by atoms with Gasteiger partial charge in [0.15, 0.2) is 0 Å². The molecule has 0 unspecified atom stereocenters. The van der Waals surface area contributed by atoms with Crippen molar-refractivity contribution in [2.75, 3.05) is 6.61 Å². The van der Waals surface area contributed by atoms with Gasteiger partial charge < -0.3 is 4.74 Å². The van der Waals surface area contributed by atoms with Crippen LogP contribution in [0.1, 0.15) is 32.8 Å². The highest BCUT2D eigenvalue weighted by molar-refractivity contribution is 9.10. The van der Waals surface area contributed by atoms with Gasteiger partial charge in [-0.05, 0) is 42.5 Å². The first kappa shape index (κ1) is 12.6. The number of ether oxygens (including phenoxy) is 1. The Kier molecular flexibility index (Phi) is 4.21. The van der Waals surface area contributed by atoms with E-state index in [2.05, 4.69) is 49.7 Å². The number of aryl methyl sites for hydroxylation is 1. The smallest absolute Gasteiger partial charge is 0.122 e. The summed E-state index contributed by atoms with van der Waals surface area (Å²) in [6, 6.07) is 6.11. The first-order valence-corrected chi connectivity index (χ1v) is 6.07. The molecule has 1 rings (SSSR count). The van der Waals surface area contributed by atoms with Gasteiger partial charge in [-0.2, -0.15) is 0 Å². The molecule has 0 aliphatic heterocycles. The Balaban J connectivity index is 2.51. The molecule has 0 aromatic heterocycles. The van der Waals surface area contributed by atoms with Gasteiger partial charge in [0.05, 0.1) is 6.61 Å². The van der Waals surface area contributed by atoms with Gasteiger partial charge in [0, 0.05) is 4.47 Å². The van der Waals surface area contributed by atoms with Crippen molar-refractivity contribution >= 4 is 15.9 Å². The normalized spacial score (nSPS) is 11.5. The monoisotopic (exact) mass is 270 g/mol. The fourth-order valence-electron chi connectivity index (χ4n) is 1.24. The predicted octanol–water partition coefficient (Wildman–Crippen LogP) is 4.57. The molecule has 0 N–H and O–H groups in total. The zero-order valence-electron chi connectivity index (χ0n) is 9.93. The summed E-state index contributed by atoms with van der Waals surface area (Å²) in [6.45, 7) is 9.53. The second-order valence-corrected chi connectivity index (χ2v) is 5.98. The summed E-state index contributed by atoms with van der Waals surface area (Å²) >= 11 is 3.44. The molecule has 0 aliphatic rings. The third-order valence-electron chi connectivity index (χ3n) is 2.25. The Morgan fingerprint density at radius 2 is 1.93 bits per heavy atom. The molecule has 0 spiro atoms. The van der Waals surface area contributed by atoms with Crippen LogP contribution in [0.5, 0.6) is 5.75 Å². The summed E-state index contributed by atoms with van der Waals surface area (Å²) in [6.07, 6.45) is 1.07. The molecule has 1 aromatic rings.